The van der Waals surface area contributed by atoms with Crippen molar-refractivity contribution < 1.29 is 0 Å². The van der Waals surface area contributed by atoms with E-state index in [4.69, 9.17) is 0 Å². The van der Waals surface area contributed by atoms with Crippen LogP contribution >= 0.6 is 11.3 Å². The summed E-state index contributed by atoms with van der Waals surface area (Å²) in [6.45, 7) is 5.61. The van der Waals surface area contributed by atoms with Crippen LogP contribution in [-0.4, -0.2) is 39.5 Å². The van der Waals surface area contributed by atoms with Crippen LogP contribution in [0, 0.1) is 0 Å². The predicted octanol–water partition coefficient (Wildman–Crippen LogP) is 6.06. The van der Waals surface area contributed by atoms with Gasteiger partial charge in [0, 0.05) is 32.9 Å². The molecule has 0 N–H and O–H groups in total. The van der Waals surface area contributed by atoms with Gasteiger partial charge in [0.1, 0.15) is 0 Å². The third-order valence-corrected chi connectivity index (χ3v) is 7.48. The molecule has 4 nitrogen and oxygen atoms in total. The van der Waals surface area contributed by atoms with Crippen molar-refractivity contribution >= 4 is 31.5 Å². The molecule has 4 aromatic rings. The van der Waals surface area contributed by atoms with Crippen molar-refractivity contribution in [3.63, 3.8) is 0 Å². The summed E-state index contributed by atoms with van der Waals surface area (Å²) in [7, 11) is 0. The topological polar surface area (TPSA) is 34.0 Å². The van der Waals surface area contributed by atoms with Gasteiger partial charge in [0.25, 0.3) is 0 Å². The van der Waals surface area contributed by atoms with Gasteiger partial charge in [-0.2, -0.15) is 0 Å². The van der Waals surface area contributed by atoms with Crippen LogP contribution in [0.3, 0.4) is 0 Å². The molecule has 5 rings (SSSR count). The molecule has 0 saturated carbocycles. The van der Waals surface area contributed by atoms with E-state index in [2.05, 4.69) is 75.5 Å². The summed E-state index contributed by atoms with van der Waals surface area (Å²) < 4.78 is 4.84. The Morgan fingerprint density at radius 2 is 1.83 bits per heavy atom. The molecule has 0 radical (unpaired) electrons. The lowest BCUT2D eigenvalue weighted by atomic mass is 10.0. The van der Waals surface area contributed by atoms with E-state index < -0.39 is 0 Å². The van der Waals surface area contributed by atoms with Gasteiger partial charge >= 0.3 is 0 Å². The van der Waals surface area contributed by atoms with Gasteiger partial charge in [-0.05, 0) is 62.5 Å². The van der Waals surface area contributed by atoms with E-state index >= 15 is 0 Å². The maximum atomic E-state index is 4.58. The molecule has 2 aromatic carbocycles. The maximum absolute atomic E-state index is 4.58. The first kappa shape index (κ1) is 19.7. The molecule has 1 unspecified atom stereocenters. The highest BCUT2D eigenvalue weighted by Gasteiger charge is 2.22. The second-order valence-corrected chi connectivity index (χ2v) is 9.61. The summed E-state index contributed by atoms with van der Waals surface area (Å²) in [4.78, 5) is 2.61. The van der Waals surface area contributed by atoms with Gasteiger partial charge in [-0.3, -0.25) is 0 Å². The quantitative estimate of drug-likeness (QED) is 0.366. The summed E-state index contributed by atoms with van der Waals surface area (Å²) in [6.07, 6.45) is 9.52. The minimum atomic E-state index is 0.203. The molecule has 30 heavy (non-hydrogen) atoms. The molecule has 0 aliphatic carbocycles. The average Bonchev–Trinajstić information content (AvgIpc) is 3.41. The Morgan fingerprint density at radius 3 is 2.70 bits per heavy atom. The highest BCUT2D eigenvalue weighted by atomic mass is 32.1. The Bertz CT molecular complexity index is 1120. The smallest absolute Gasteiger partial charge is 0.0913 e. The van der Waals surface area contributed by atoms with Crippen LogP contribution < -0.4 is 0 Å². The fourth-order valence-electron chi connectivity index (χ4n) is 4.62. The average molecular weight is 419 g/mol. The Hall–Kier alpha value is -2.24. The largest absolute Gasteiger partial charge is 0.301 e. The van der Waals surface area contributed by atoms with E-state index in [9.17, 15) is 0 Å². The van der Waals surface area contributed by atoms with Crippen LogP contribution in [0.25, 0.3) is 20.2 Å². The summed E-state index contributed by atoms with van der Waals surface area (Å²) >= 11 is 1.88. The third kappa shape index (κ3) is 4.01. The molecule has 1 aliphatic heterocycles. The number of benzene rings is 2. The number of piperidine rings is 1. The van der Waals surface area contributed by atoms with Gasteiger partial charge in [-0.15, -0.1) is 16.4 Å². The number of fused-ring (bicyclic) bond motifs is 3. The summed E-state index contributed by atoms with van der Waals surface area (Å²) in [5.41, 5.74) is 2.45. The van der Waals surface area contributed by atoms with Crippen LogP contribution in [0.1, 0.15) is 56.3 Å². The van der Waals surface area contributed by atoms with Crippen molar-refractivity contribution in [2.75, 3.05) is 19.6 Å². The minimum absolute atomic E-state index is 0.203. The van der Waals surface area contributed by atoms with Gasteiger partial charge in [0.15, 0.2) is 0 Å². The van der Waals surface area contributed by atoms with Gasteiger partial charge in [0.2, 0.25) is 0 Å². The number of aromatic nitrogens is 3. The fraction of sp³-hybridized carbons (Fsp3) is 0.440. The lowest BCUT2D eigenvalue weighted by molar-refractivity contribution is 0.202. The molecule has 5 heteroatoms. The molecule has 0 bridgehead atoms. The molecule has 0 amide bonds. The number of nitrogens with zero attached hydrogens (tertiary/aromatic N) is 4. The van der Waals surface area contributed by atoms with Crippen LogP contribution in [0.15, 0.2) is 48.7 Å². The standard InChI is InChI=1S/C25H30N4S/c1-2-3-9-20-17-29(27-26-20)23(18-28-14-7-4-8-15-28)19-12-13-25-22(16-19)21-10-5-6-11-24(21)30-25/h5-6,10-13,16-17,23H,2-4,7-9,14-15,18H2,1H3. The van der Waals surface area contributed by atoms with Crippen LogP contribution in [0.2, 0.25) is 0 Å². The molecule has 1 aliphatic rings. The van der Waals surface area contributed by atoms with E-state index in [0.717, 1.165) is 18.7 Å². The summed E-state index contributed by atoms with van der Waals surface area (Å²) in [5, 5.41) is 11.8. The molecular weight excluding hydrogens is 388 g/mol. The van der Waals surface area contributed by atoms with Gasteiger partial charge in [0.05, 0.1) is 11.7 Å². The van der Waals surface area contributed by atoms with Crippen LogP contribution in [0.4, 0.5) is 0 Å². The Balaban J connectivity index is 1.53. The lowest BCUT2D eigenvalue weighted by Crippen LogP contribution is -2.35. The first-order valence-electron chi connectivity index (χ1n) is 11.4. The number of thiophene rings is 1. The van der Waals surface area contributed by atoms with Crippen LogP contribution in [0.5, 0.6) is 0 Å². The van der Waals surface area contributed by atoms with Crippen molar-refractivity contribution in [2.45, 2.75) is 51.5 Å². The van der Waals surface area contributed by atoms with Crippen molar-refractivity contribution in [1.29, 1.82) is 0 Å². The summed E-state index contributed by atoms with van der Waals surface area (Å²) in [5.74, 6) is 0. The zero-order chi connectivity index (χ0) is 20.3. The van der Waals surface area contributed by atoms with Gasteiger partial charge in [-0.25, -0.2) is 4.68 Å². The van der Waals surface area contributed by atoms with E-state index in [0.29, 0.717) is 0 Å². The van der Waals surface area contributed by atoms with E-state index in [-0.39, 0.29) is 6.04 Å². The van der Waals surface area contributed by atoms with Crippen molar-refractivity contribution in [2.24, 2.45) is 0 Å². The molecule has 0 spiro atoms. The lowest BCUT2D eigenvalue weighted by Gasteiger charge is -2.30. The first-order valence-corrected chi connectivity index (χ1v) is 12.2. The van der Waals surface area contributed by atoms with E-state index in [1.54, 1.807) is 0 Å². The normalized spacial score (nSPS) is 16.4. The predicted molar refractivity (Wildman–Crippen MR) is 126 cm³/mol. The number of rotatable bonds is 7. The van der Waals surface area contributed by atoms with Crippen molar-refractivity contribution in [3.05, 3.63) is 59.9 Å². The Labute approximate surface area is 182 Å². The molecule has 1 fully saturated rings. The molecule has 1 atom stereocenters. The first-order chi connectivity index (χ1) is 14.8. The van der Waals surface area contributed by atoms with E-state index in [1.807, 2.05) is 11.3 Å². The second kappa shape index (κ2) is 8.86. The number of hydrogen-bond acceptors (Lipinski definition) is 4. The molecule has 1 saturated heterocycles. The molecule has 2 aromatic heterocycles. The number of hydrogen-bond donors (Lipinski definition) is 0. The fourth-order valence-corrected chi connectivity index (χ4v) is 5.70. The number of unbranched alkanes of at least 4 members (excludes halogenated alkanes) is 1. The highest BCUT2D eigenvalue weighted by Crippen LogP contribution is 2.35. The number of aryl methyl sites for hydroxylation is 1. The zero-order valence-electron chi connectivity index (χ0n) is 17.8. The Morgan fingerprint density at radius 1 is 1.00 bits per heavy atom. The van der Waals surface area contributed by atoms with Gasteiger partial charge in [-0.1, -0.05) is 49.2 Å². The minimum Gasteiger partial charge on any atom is -0.301 e. The SMILES string of the molecule is CCCCc1cn(C(CN2CCCCC2)c2ccc3sc4ccccc4c3c2)nn1. The second-order valence-electron chi connectivity index (χ2n) is 8.52. The summed E-state index contributed by atoms with van der Waals surface area (Å²) in [6, 6.07) is 15.9. The van der Waals surface area contributed by atoms with Crippen LogP contribution in [-0.2, 0) is 6.42 Å². The molecule has 3 heterocycles. The van der Waals surface area contributed by atoms with Crippen molar-refractivity contribution in [1.82, 2.24) is 19.9 Å². The van der Waals surface area contributed by atoms with Gasteiger partial charge < -0.3 is 4.90 Å². The molecule has 156 valence electrons. The number of likely N-dealkylation sites (tertiary alicyclic amines) is 1. The van der Waals surface area contributed by atoms with E-state index in [1.165, 1.54) is 70.9 Å². The van der Waals surface area contributed by atoms with Crippen molar-refractivity contribution in [3.8, 4) is 0 Å². The third-order valence-electron chi connectivity index (χ3n) is 6.33. The molecular formula is C25H30N4S. The highest BCUT2D eigenvalue weighted by molar-refractivity contribution is 7.25. The Kier molecular flexibility index (Phi) is 5.82. The maximum Gasteiger partial charge on any atom is 0.0913 e. The monoisotopic (exact) mass is 418 g/mol. The zero-order valence-corrected chi connectivity index (χ0v) is 18.6.